The molecule has 3 N–H and O–H groups in total. The largest absolute Gasteiger partial charge is 0.504 e. The minimum atomic E-state index is 0. The lowest BCUT2D eigenvalue weighted by Crippen LogP contribution is -2.43. The van der Waals surface area contributed by atoms with Crippen LogP contribution >= 0.6 is 35.7 Å². The molecule has 5 nitrogen and oxygen atoms in total. The molecule has 0 spiro atoms. The SMILES string of the molecule is CCNC(=NCc1ccc(O)c(OCC)c1)NCC(C)(C)SC.I. The average Bonchev–Trinajstić information content (AvgIpc) is 2.53. The van der Waals surface area contributed by atoms with Crippen LogP contribution in [0.15, 0.2) is 23.2 Å². The number of guanidine groups is 1. The van der Waals surface area contributed by atoms with Crippen LogP contribution in [0.3, 0.4) is 0 Å². The molecule has 0 aliphatic rings. The first-order valence-corrected chi connectivity index (χ1v) is 9.16. The van der Waals surface area contributed by atoms with Crippen LogP contribution in [0, 0.1) is 0 Å². The predicted octanol–water partition coefficient (Wildman–Crippen LogP) is 3.61. The van der Waals surface area contributed by atoms with E-state index < -0.39 is 0 Å². The maximum Gasteiger partial charge on any atom is 0.191 e. The first kappa shape index (κ1) is 23.2. The number of ether oxygens (including phenoxy) is 1. The van der Waals surface area contributed by atoms with E-state index in [9.17, 15) is 5.11 Å². The molecule has 1 aromatic rings. The number of halogens is 1. The zero-order chi connectivity index (χ0) is 17.3. The summed E-state index contributed by atoms with van der Waals surface area (Å²) in [5.74, 6) is 1.45. The molecule has 0 aromatic heterocycles. The van der Waals surface area contributed by atoms with Crippen LogP contribution in [0.5, 0.6) is 11.5 Å². The van der Waals surface area contributed by atoms with Gasteiger partial charge >= 0.3 is 0 Å². The van der Waals surface area contributed by atoms with Gasteiger partial charge in [0.15, 0.2) is 17.5 Å². The summed E-state index contributed by atoms with van der Waals surface area (Å²) in [5, 5.41) is 16.4. The molecular formula is C17H30IN3O2S. The van der Waals surface area contributed by atoms with Crippen molar-refractivity contribution in [3.05, 3.63) is 23.8 Å². The van der Waals surface area contributed by atoms with Crippen LogP contribution < -0.4 is 15.4 Å². The van der Waals surface area contributed by atoms with Gasteiger partial charge in [0, 0.05) is 17.8 Å². The van der Waals surface area contributed by atoms with Crippen molar-refractivity contribution in [2.45, 2.75) is 39.0 Å². The third-order valence-corrected chi connectivity index (χ3v) is 4.57. The van der Waals surface area contributed by atoms with E-state index >= 15 is 0 Å². The Morgan fingerprint density at radius 3 is 2.58 bits per heavy atom. The summed E-state index contributed by atoms with van der Waals surface area (Å²) in [6, 6.07) is 5.33. The van der Waals surface area contributed by atoms with E-state index in [1.54, 1.807) is 6.07 Å². The van der Waals surface area contributed by atoms with Crippen LogP contribution in [0.1, 0.15) is 33.3 Å². The number of benzene rings is 1. The lowest BCUT2D eigenvalue weighted by Gasteiger charge is -2.23. The highest BCUT2D eigenvalue weighted by Gasteiger charge is 2.16. The highest BCUT2D eigenvalue weighted by atomic mass is 127. The lowest BCUT2D eigenvalue weighted by molar-refractivity contribution is 0.318. The van der Waals surface area contributed by atoms with Gasteiger partial charge in [-0.3, -0.25) is 0 Å². The third kappa shape index (κ3) is 8.32. The molecule has 0 saturated heterocycles. The molecular weight excluding hydrogens is 437 g/mol. The Kier molecular flexibility index (Phi) is 11.3. The molecule has 0 fully saturated rings. The Balaban J connectivity index is 0.00000529. The summed E-state index contributed by atoms with van der Waals surface area (Å²) >= 11 is 1.82. The van der Waals surface area contributed by atoms with Gasteiger partial charge in [0.2, 0.25) is 0 Å². The second-order valence-electron chi connectivity index (χ2n) is 5.75. The van der Waals surface area contributed by atoms with Crippen molar-refractivity contribution in [3.63, 3.8) is 0 Å². The second-order valence-corrected chi connectivity index (χ2v) is 7.26. The van der Waals surface area contributed by atoms with Crippen molar-refractivity contribution in [1.29, 1.82) is 0 Å². The first-order chi connectivity index (χ1) is 10.9. The van der Waals surface area contributed by atoms with E-state index in [4.69, 9.17) is 4.74 Å². The summed E-state index contributed by atoms with van der Waals surface area (Å²) in [6.45, 7) is 11.0. The van der Waals surface area contributed by atoms with Gasteiger partial charge in [0.05, 0.1) is 13.2 Å². The number of hydrogen-bond donors (Lipinski definition) is 3. The number of phenolic OH excluding ortho intramolecular Hbond substituents is 1. The van der Waals surface area contributed by atoms with E-state index in [2.05, 4.69) is 35.7 Å². The van der Waals surface area contributed by atoms with E-state index in [-0.39, 0.29) is 34.5 Å². The Labute approximate surface area is 167 Å². The van der Waals surface area contributed by atoms with Crippen LogP contribution in [-0.2, 0) is 6.54 Å². The summed E-state index contributed by atoms with van der Waals surface area (Å²) in [6.07, 6.45) is 2.11. The number of aliphatic imine (C=N–C) groups is 1. The van der Waals surface area contributed by atoms with Gasteiger partial charge in [-0.2, -0.15) is 11.8 Å². The van der Waals surface area contributed by atoms with Crippen LogP contribution in [0.4, 0.5) is 0 Å². The van der Waals surface area contributed by atoms with Crippen molar-refractivity contribution in [1.82, 2.24) is 10.6 Å². The number of hydrogen-bond acceptors (Lipinski definition) is 4. The molecule has 1 rings (SSSR count). The smallest absolute Gasteiger partial charge is 0.191 e. The van der Waals surface area contributed by atoms with Crippen molar-refractivity contribution >= 4 is 41.7 Å². The Bertz CT molecular complexity index is 525. The maximum atomic E-state index is 9.74. The molecule has 0 atom stereocenters. The molecule has 0 heterocycles. The minimum absolute atomic E-state index is 0. The molecule has 24 heavy (non-hydrogen) atoms. The highest BCUT2D eigenvalue weighted by Crippen LogP contribution is 2.27. The van der Waals surface area contributed by atoms with Gasteiger partial charge in [-0.25, -0.2) is 4.99 Å². The van der Waals surface area contributed by atoms with Crippen LogP contribution in [0.2, 0.25) is 0 Å². The Morgan fingerprint density at radius 2 is 2.00 bits per heavy atom. The van der Waals surface area contributed by atoms with E-state index in [1.807, 2.05) is 37.7 Å². The summed E-state index contributed by atoms with van der Waals surface area (Å²) < 4.78 is 5.56. The second kappa shape index (κ2) is 11.7. The number of thioether (sulfide) groups is 1. The Morgan fingerprint density at radius 1 is 1.29 bits per heavy atom. The molecule has 138 valence electrons. The molecule has 0 amide bonds. The standard InChI is InChI=1S/C17H29N3O2S.HI/c1-6-18-16(20-12-17(3,4)23-5)19-11-13-8-9-14(21)15(10-13)22-7-2;/h8-10,21H,6-7,11-12H2,1-5H3,(H2,18,19,20);1H. The number of nitrogens with one attached hydrogen (secondary N) is 2. The highest BCUT2D eigenvalue weighted by molar-refractivity contribution is 14.0. The molecule has 0 bridgehead atoms. The van der Waals surface area contributed by atoms with Gasteiger partial charge in [-0.1, -0.05) is 6.07 Å². The molecule has 0 aliphatic carbocycles. The van der Waals surface area contributed by atoms with Crippen molar-refractivity contribution in [2.75, 3.05) is 26.0 Å². The predicted molar refractivity (Wildman–Crippen MR) is 115 cm³/mol. The number of rotatable bonds is 8. The monoisotopic (exact) mass is 467 g/mol. The van der Waals surface area contributed by atoms with Gasteiger partial charge in [-0.05, 0) is 51.6 Å². The fourth-order valence-electron chi connectivity index (χ4n) is 1.81. The van der Waals surface area contributed by atoms with Crippen LogP contribution in [0.25, 0.3) is 0 Å². The summed E-state index contributed by atoms with van der Waals surface area (Å²) in [7, 11) is 0. The molecule has 0 radical (unpaired) electrons. The number of phenols is 1. The average molecular weight is 467 g/mol. The maximum absolute atomic E-state index is 9.74. The zero-order valence-electron chi connectivity index (χ0n) is 15.2. The normalized spacial score (nSPS) is 11.6. The van der Waals surface area contributed by atoms with Crippen LogP contribution in [-0.4, -0.2) is 41.8 Å². The molecule has 0 unspecified atom stereocenters. The van der Waals surface area contributed by atoms with E-state index in [0.717, 1.165) is 24.6 Å². The lowest BCUT2D eigenvalue weighted by atomic mass is 10.2. The van der Waals surface area contributed by atoms with Gasteiger partial charge in [0.25, 0.3) is 0 Å². The van der Waals surface area contributed by atoms with Gasteiger partial charge < -0.3 is 20.5 Å². The fraction of sp³-hybridized carbons (Fsp3) is 0.588. The fourth-order valence-corrected chi connectivity index (χ4v) is 2.03. The van der Waals surface area contributed by atoms with Crippen molar-refractivity contribution in [3.8, 4) is 11.5 Å². The molecule has 7 heteroatoms. The first-order valence-electron chi connectivity index (χ1n) is 7.94. The number of nitrogens with zero attached hydrogens (tertiary/aromatic N) is 1. The van der Waals surface area contributed by atoms with Gasteiger partial charge in [-0.15, -0.1) is 24.0 Å². The van der Waals surface area contributed by atoms with Crippen molar-refractivity contribution < 1.29 is 9.84 Å². The third-order valence-electron chi connectivity index (χ3n) is 3.32. The molecule has 0 aliphatic heterocycles. The molecule has 0 saturated carbocycles. The van der Waals surface area contributed by atoms with E-state index in [1.165, 1.54) is 0 Å². The summed E-state index contributed by atoms with van der Waals surface area (Å²) in [5.41, 5.74) is 0.993. The minimum Gasteiger partial charge on any atom is -0.504 e. The van der Waals surface area contributed by atoms with E-state index in [0.29, 0.717) is 18.9 Å². The zero-order valence-corrected chi connectivity index (χ0v) is 18.3. The quantitative estimate of drug-likeness (QED) is 0.310. The summed E-state index contributed by atoms with van der Waals surface area (Å²) in [4.78, 5) is 4.60. The van der Waals surface area contributed by atoms with Crippen molar-refractivity contribution in [2.24, 2.45) is 4.99 Å². The Hall–Kier alpha value is -0.830. The topological polar surface area (TPSA) is 65.9 Å². The number of aromatic hydroxyl groups is 1. The van der Waals surface area contributed by atoms with Gasteiger partial charge in [0.1, 0.15) is 0 Å². The molecule has 1 aromatic carbocycles.